The number of carbonyl (C=O) groups is 1. The van der Waals surface area contributed by atoms with Gasteiger partial charge >= 0.3 is 6.18 Å². The van der Waals surface area contributed by atoms with Crippen LogP contribution in [-0.4, -0.2) is 20.0 Å². The van der Waals surface area contributed by atoms with E-state index in [9.17, 15) is 18.0 Å². The van der Waals surface area contributed by atoms with Crippen LogP contribution in [0.25, 0.3) is 6.08 Å². The predicted molar refractivity (Wildman–Crippen MR) is 106 cm³/mol. The van der Waals surface area contributed by atoms with E-state index in [0.29, 0.717) is 10.8 Å². The van der Waals surface area contributed by atoms with Gasteiger partial charge in [0.1, 0.15) is 9.35 Å². The number of amides is 1. The Hall–Kier alpha value is -1.49. The Morgan fingerprint density at radius 2 is 2.11 bits per heavy atom. The molecule has 11 heteroatoms. The van der Waals surface area contributed by atoms with Crippen molar-refractivity contribution in [2.24, 2.45) is 7.05 Å². The minimum absolute atomic E-state index is 0.0955. The molecule has 1 N–H and O–H groups in total. The summed E-state index contributed by atoms with van der Waals surface area (Å²) < 4.78 is 41.7. The average Bonchev–Trinajstić information content (AvgIpc) is 3.06. The van der Waals surface area contributed by atoms with Gasteiger partial charge in [0, 0.05) is 23.4 Å². The van der Waals surface area contributed by atoms with Gasteiger partial charge in [0.15, 0.2) is 5.69 Å². The van der Waals surface area contributed by atoms with Gasteiger partial charge in [0.25, 0.3) is 5.91 Å². The third-order valence-electron chi connectivity index (χ3n) is 3.54. The highest BCUT2D eigenvalue weighted by atomic mass is 35.5. The zero-order chi connectivity index (χ0) is 19.8. The Balaban J connectivity index is 2.02. The van der Waals surface area contributed by atoms with Crippen molar-refractivity contribution < 1.29 is 18.0 Å². The Labute approximate surface area is 171 Å². The highest BCUT2D eigenvalue weighted by Crippen LogP contribution is 2.40. The molecule has 2 heterocycles. The van der Waals surface area contributed by atoms with Crippen molar-refractivity contribution in [3.05, 3.63) is 51.0 Å². The van der Waals surface area contributed by atoms with Crippen molar-refractivity contribution in [1.82, 2.24) is 15.1 Å². The van der Waals surface area contributed by atoms with Gasteiger partial charge in [-0.3, -0.25) is 9.48 Å². The zero-order valence-electron chi connectivity index (χ0n) is 13.6. The molecule has 3 rings (SSSR count). The minimum atomic E-state index is -4.66. The van der Waals surface area contributed by atoms with Crippen molar-refractivity contribution in [1.29, 1.82) is 0 Å². The number of hydrogen-bond donors (Lipinski definition) is 1. The summed E-state index contributed by atoms with van der Waals surface area (Å²) in [6, 6.07) is 7.09. The van der Waals surface area contributed by atoms with Crippen molar-refractivity contribution in [3.63, 3.8) is 0 Å². The van der Waals surface area contributed by atoms with Crippen LogP contribution in [0.15, 0.2) is 34.2 Å². The summed E-state index contributed by atoms with van der Waals surface area (Å²) in [7, 11) is 1.43. The molecule has 0 bridgehead atoms. The lowest BCUT2D eigenvalue weighted by Crippen LogP contribution is -2.17. The van der Waals surface area contributed by atoms with Crippen LogP contribution in [-0.2, 0) is 23.8 Å². The molecule has 142 valence electrons. The number of nitrogens with zero attached hydrogens (tertiary/aromatic N) is 2. The number of halogens is 4. The van der Waals surface area contributed by atoms with Gasteiger partial charge in [0.05, 0.1) is 4.91 Å². The topological polar surface area (TPSA) is 46.9 Å². The van der Waals surface area contributed by atoms with Gasteiger partial charge in [-0.05, 0) is 17.7 Å². The number of thiocarbonyl (C=S) groups is 1. The van der Waals surface area contributed by atoms with E-state index >= 15 is 0 Å². The lowest BCUT2D eigenvalue weighted by atomic mass is 10.2. The van der Waals surface area contributed by atoms with E-state index in [-0.39, 0.29) is 19.8 Å². The van der Waals surface area contributed by atoms with Crippen LogP contribution in [0.5, 0.6) is 0 Å². The highest BCUT2D eigenvalue weighted by Gasteiger charge is 2.39. The summed E-state index contributed by atoms with van der Waals surface area (Å²) in [5.74, 6) is -0.172. The van der Waals surface area contributed by atoms with E-state index in [1.54, 1.807) is 24.3 Å². The van der Waals surface area contributed by atoms with Crippen LogP contribution in [0.3, 0.4) is 0 Å². The first-order valence-electron chi connectivity index (χ1n) is 7.42. The Morgan fingerprint density at radius 1 is 1.41 bits per heavy atom. The van der Waals surface area contributed by atoms with E-state index in [1.165, 1.54) is 13.1 Å². The molecule has 4 nitrogen and oxygen atoms in total. The molecule has 0 radical (unpaired) electrons. The molecule has 2 aromatic rings. The first-order chi connectivity index (χ1) is 12.7. The van der Waals surface area contributed by atoms with Gasteiger partial charge in [-0.1, -0.05) is 53.8 Å². The number of alkyl halides is 3. The van der Waals surface area contributed by atoms with Gasteiger partial charge in [-0.15, -0.1) is 11.8 Å². The number of thioether (sulfide) groups is 2. The number of carbonyl (C=O) groups excluding carboxylic acids is 1. The average molecular weight is 450 g/mol. The molecule has 0 atom stereocenters. The quantitative estimate of drug-likeness (QED) is 0.410. The molecule has 27 heavy (non-hydrogen) atoms. The molecule has 1 aromatic carbocycles. The predicted octanol–water partition coefficient (Wildman–Crippen LogP) is 4.87. The van der Waals surface area contributed by atoms with Gasteiger partial charge in [-0.2, -0.15) is 18.3 Å². The second kappa shape index (κ2) is 7.86. The minimum Gasteiger partial charge on any atom is -0.307 e. The standard InChI is InChI=1S/C16H11ClF3N3OS3/c1-23-14(26-7-8-4-2-3-5-10(8)17)9(12(22-23)16(18,19)20)6-11-13(24)21-15(25)27-11/h2-6H,7H2,1H3,(H,21,24,25)/b11-6-. The number of benzene rings is 1. The summed E-state index contributed by atoms with van der Waals surface area (Å²) in [6.45, 7) is 0. The van der Waals surface area contributed by atoms with Crippen LogP contribution in [0.1, 0.15) is 16.8 Å². The Morgan fingerprint density at radius 3 is 2.70 bits per heavy atom. The summed E-state index contributed by atoms with van der Waals surface area (Å²) in [5.41, 5.74) is -0.429. The third-order valence-corrected chi connectivity index (χ3v) is 6.28. The lowest BCUT2D eigenvalue weighted by molar-refractivity contribution is -0.141. The van der Waals surface area contributed by atoms with Crippen LogP contribution in [0.2, 0.25) is 5.02 Å². The molecule has 1 aliphatic heterocycles. The van der Waals surface area contributed by atoms with E-state index in [2.05, 4.69) is 10.4 Å². The van der Waals surface area contributed by atoms with Gasteiger partial charge < -0.3 is 5.32 Å². The molecule has 0 aliphatic carbocycles. The van der Waals surface area contributed by atoms with Crippen LogP contribution >= 0.6 is 47.3 Å². The normalized spacial score (nSPS) is 16.3. The summed E-state index contributed by atoms with van der Waals surface area (Å²) in [6.07, 6.45) is -3.47. The first kappa shape index (κ1) is 20.2. The van der Waals surface area contributed by atoms with E-state index in [0.717, 1.165) is 33.8 Å². The Bertz CT molecular complexity index is 956. The van der Waals surface area contributed by atoms with Crippen LogP contribution < -0.4 is 5.32 Å². The van der Waals surface area contributed by atoms with Crippen LogP contribution in [0, 0.1) is 0 Å². The van der Waals surface area contributed by atoms with Crippen molar-refractivity contribution in [2.45, 2.75) is 17.0 Å². The number of aromatic nitrogens is 2. The van der Waals surface area contributed by atoms with Crippen molar-refractivity contribution in [3.8, 4) is 0 Å². The maximum atomic E-state index is 13.4. The van der Waals surface area contributed by atoms with E-state index in [1.807, 2.05) is 0 Å². The Kier molecular flexibility index (Phi) is 5.90. The first-order valence-corrected chi connectivity index (χ1v) is 10.0. The maximum absolute atomic E-state index is 13.4. The lowest BCUT2D eigenvalue weighted by Gasteiger charge is -2.07. The molecule has 1 aliphatic rings. The second-order valence-corrected chi connectivity index (χ2v) is 8.51. The molecule has 1 aromatic heterocycles. The molecule has 1 fully saturated rings. The fourth-order valence-electron chi connectivity index (χ4n) is 2.35. The molecule has 0 saturated carbocycles. The molecule has 0 spiro atoms. The number of hydrogen-bond acceptors (Lipinski definition) is 5. The van der Waals surface area contributed by atoms with Crippen molar-refractivity contribution in [2.75, 3.05) is 0 Å². The van der Waals surface area contributed by atoms with E-state index < -0.39 is 17.8 Å². The molecular formula is C16H11ClF3N3OS3. The maximum Gasteiger partial charge on any atom is 0.435 e. The summed E-state index contributed by atoms with van der Waals surface area (Å²) in [4.78, 5) is 12.0. The third kappa shape index (κ3) is 4.50. The number of aryl methyl sites for hydroxylation is 1. The molecule has 1 amide bonds. The zero-order valence-corrected chi connectivity index (χ0v) is 16.8. The number of nitrogens with one attached hydrogen (secondary N) is 1. The second-order valence-electron chi connectivity index (χ2n) is 5.42. The van der Waals surface area contributed by atoms with Gasteiger partial charge in [-0.25, -0.2) is 0 Å². The van der Waals surface area contributed by atoms with E-state index in [4.69, 9.17) is 23.8 Å². The monoisotopic (exact) mass is 449 g/mol. The largest absolute Gasteiger partial charge is 0.435 e. The molecule has 1 saturated heterocycles. The molecule has 0 unspecified atom stereocenters. The fraction of sp³-hybridized carbons (Fsp3) is 0.188. The van der Waals surface area contributed by atoms with Crippen LogP contribution in [0.4, 0.5) is 13.2 Å². The highest BCUT2D eigenvalue weighted by molar-refractivity contribution is 8.26. The smallest absolute Gasteiger partial charge is 0.307 e. The summed E-state index contributed by atoms with van der Waals surface area (Å²) in [5, 5.41) is 6.82. The SMILES string of the molecule is Cn1nc(C(F)(F)F)c(/C=C2\SC(=S)NC2=O)c1SCc1ccccc1Cl. The fourth-order valence-corrected chi connectivity index (χ4v) is 4.74. The number of rotatable bonds is 4. The summed E-state index contributed by atoms with van der Waals surface area (Å²) >= 11 is 13.1. The molecular weight excluding hydrogens is 439 g/mol. The van der Waals surface area contributed by atoms with Crippen molar-refractivity contribution >= 4 is 63.6 Å². The van der Waals surface area contributed by atoms with Gasteiger partial charge in [0.2, 0.25) is 0 Å².